The van der Waals surface area contributed by atoms with Crippen molar-refractivity contribution in [2.75, 3.05) is 0 Å². The summed E-state index contributed by atoms with van der Waals surface area (Å²) in [6.07, 6.45) is 3.97. The number of ketones is 1. The van der Waals surface area contributed by atoms with E-state index in [-0.39, 0.29) is 23.5 Å². The highest BCUT2D eigenvalue weighted by Gasteiger charge is 2.60. The van der Waals surface area contributed by atoms with E-state index in [1.165, 1.54) is 6.92 Å². The van der Waals surface area contributed by atoms with Crippen LogP contribution >= 0.6 is 15.9 Å². The molecular weight excluding hydrogens is 346 g/mol. The van der Waals surface area contributed by atoms with E-state index in [4.69, 9.17) is 4.74 Å². The molecule has 2 bridgehead atoms. The molecule has 1 saturated carbocycles. The van der Waals surface area contributed by atoms with Crippen molar-refractivity contribution in [2.45, 2.75) is 44.2 Å². The summed E-state index contributed by atoms with van der Waals surface area (Å²) in [6.45, 7) is 1.52. The molecule has 0 spiro atoms. The average Bonchev–Trinajstić information content (AvgIpc) is 2.46. The Morgan fingerprint density at radius 1 is 1.41 bits per heavy atom. The summed E-state index contributed by atoms with van der Waals surface area (Å²) in [6, 6.07) is 5.89. The lowest BCUT2D eigenvalue weighted by molar-refractivity contribution is -0.160. The van der Waals surface area contributed by atoms with Crippen LogP contribution in [0, 0.1) is 11.8 Å². The zero-order chi connectivity index (χ0) is 15.5. The predicted octanol–water partition coefficient (Wildman–Crippen LogP) is 3.15. The second-order valence-corrected chi connectivity index (χ2v) is 7.55. The van der Waals surface area contributed by atoms with E-state index < -0.39 is 11.6 Å². The molecule has 1 aliphatic carbocycles. The van der Waals surface area contributed by atoms with Gasteiger partial charge in [-0.05, 0) is 38.0 Å². The molecular formula is C17H18BrNO3. The number of ether oxygens (including phenoxy) is 1. The standard InChI is InChI=1S/C17H18BrNO3/c1-9(20)14-15-11-8-10(18)5-6-13(11)22-17(19-16(14)21)7-3-2-4-12(15)17/h5-6,8,12,14-15H,2-4,7H2,1H3,(H,19,21)/t12-,14?,15+,17-/m1/s1. The third kappa shape index (κ3) is 1.87. The van der Waals surface area contributed by atoms with E-state index >= 15 is 0 Å². The van der Waals surface area contributed by atoms with Gasteiger partial charge in [-0.1, -0.05) is 22.4 Å². The molecule has 4 nitrogen and oxygen atoms in total. The lowest BCUT2D eigenvalue weighted by Gasteiger charge is -2.56. The maximum atomic E-state index is 12.6. The molecule has 4 atom stereocenters. The largest absolute Gasteiger partial charge is 0.467 e. The molecule has 1 N–H and O–H groups in total. The molecule has 5 heteroatoms. The van der Waals surface area contributed by atoms with Crippen molar-refractivity contribution in [3.8, 4) is 5.75 Å². The molecule has 3 aliphatic rings. The number of Topliss-reactive ketones (excluding diaryl/α,β-unsaturated/α-hetero) is 1. The summed E-state index contributed by atoms with van der Waals surface area (Å²) in [5.74, 6) is 0.0593. The zero-order valence-corrected chi connectivity index (χ0v) is 14.0. The summed E-state index contributed by atoms with van der Waals surface area (Å²) in [4.78, 5) is 24.7. The second-order valence-electron chi connectivity index (χ2n) is 6.63. The Morgan fingerprint density at radius 2 is 2.23 bits per heavy atom. The van der Waals surface area contributed by atoms with Crippen molar-refractivity contribution in [1.29, 1.82) is 0 Å². The third-order valence-electron chi connectivity index (χ3n) is 5.38. The molecule has 2 fully saturated rings. The number of carbonyl (C=O) groups is 2. The molecule has 1 aromatic rings. The van der Waals surface area contributed by atoms with Gasteiger partial charge in [0.2, 0.25) is 5.91 Å². The van der Waals surface area contributed by atoms with E-state index in [0.29, 0.717) is 0 Å². The number of hydrogen-bond acceptors (Lipinski definition) is 3. The highest BCUT2D eigenvalue weighted by atomic mass is 79.9. The maximum Gasteiger partial charge on any atom is 0.234 e. The highest BCUT2D eigenvalue weighted by Crippen LogP contribution is 2.55. The summed E-state index contributed by atoms with van der Waals surface area (Å²) >= 11 is 3.50. The number of halogens is 1. The topological polar surface area (TPSA) is 55.4 Å². The molecule has 2 heterocycles. The zero-order valence-electron chi connectivity index (χ0n) is 12.4. The Hall–Kier alpha value is -1.36. The Labute approximate surface area is 137 Å². The van der Waals surface area contributed by atoms with Crippen LogP contribution in [-0.2, 0) is 9.59 Å². The second kappa shape index (κ2) is 4.82. The first-order valence-corrected chi connectivity index (χ1v) is 8.62. The molecule has 2 aliphatic heterocycles. The minimum atomic E-state index is -0.618. The van der Waals surface area contributed by atoms with Gasteiger partial charge in [0.15, 0.2) is 5.72 Å². The predicted molar refractivity (Wildman–Crippen MR) is 84.5 cm³/mol. The lowest BCUT2D eigenvalue weighted by Crippen LogP contribution is -2.69. The quantitative estimate of drug-likeness (QED) is 0.779. The number of amides is 1. The number of fused-ring (bicyclic) bond motifs is 2. The van der Waals surface area contributed by atoms with Gasteiger partial charge in [0.05, 0.1) is 0 Å². The van der Waals surface area contributed by atoms with Crippen LogP contribution in [-0.4, -0.2) is 17.4 Å². The van der Waals surface area contributed by atoms with Crippen molar-refractivity contribution < 1.29 is 14.3 Å². The molecule has 0 aromatic heterocycles. The molecule has 1 aromatic carbocycles. The number of benzene rings is 1. The van der Waals surface area contributed by atoms with Gasteiger partial charge >= 0.3 is 0 Å². The lowest BCUT2D eigenvalue weighted by atomic mass is 9.61. The van der Waals surface area contributed by atoms with Crippen LogP contribution in [0.25, 0.3) is 0 Å². The van der Waals surface area contributed by atoms with Crippen LogP contribution < -0.4 is 10.1 Å². The fraction of sp³-hybridized carbons (Fsp3) is 0.529. The van der Waals surface area contributed by atoms with Crippen molar-refractivity contribution in [3.05, 3.63) is 28.2 Å². The normalized spacial score (nSPS) is 35.7. The highest BCUT2D eigenvalue weighted by molar-refractivity contribution is 9.10. The minimum Gasteiger partial charge on any atom is -0.467 e. The van der Waals surface area contributed by atoms with Crippen LogP contribution in [0.3, 0.4) is 0 Å². The van der Waals surface area contributed by atoms with Crippen molar-refractivity contribution >= 4 is 27.6 Å². The van der Waals surface area contributed by atoms with Gasteiger partial charge in [0.1, 0.15) is 17.5 Å². The Bertz CT molecular complexity index is 674. The summed E-state index contributed by atoms with van der Waals surface area (Å²) < 4.78 is 7.23. The Balaban J connectivity index is 1.93. The number of carbonyl (C=O) groups excluding carboxylic acids is 2. The van der Waals surface area contributed by atoms with Crippen LogP contribution in [0.1, 0.15) is 44.1 Å². The summed E-state index contributed by atoms with van der Waals surface area (Å²) in [5.41, 5.74) is 0.374. The summed E-state index contributed by atoms with van der Waals surface area (Å²) in [5, 5.41) is 3.06. The van der Waals surface area contributed by atoms with Gasteiger partial charge in [-0.15, -0.1) is 0 Å². The molecule has 1 unspecified atom stereocenters. The van der Waals surface area contributed by atoms with Gasteiger partial charge in [0.25, 0.3) is 0 Å². The number of hydrogen-bond donors (Lipinski definition) is 1. The molecule has 116 valence electrons. The van der Waals surface area contributed by atoms with Gasteiger partial charge in [-0.3, -0.25) is 9.59 Å². The number of nitrogens with one attached hydrogen (secondary N) is 1. The molecule has 1 saturated heterocycles. The van der Waals surface area contributed by atoms with Crippen LogP contribution in [0.15, 0.2) is 22.7 Å². The fourth-order valence-corrected chi connectivity index (χ4v) is 4.91. The van der Waals surface area contributed by atoms with Gasteiger partial charge in [-0.25, -0.2) is 0 Å². The molecule has 22 heavy (non-hydrogen) atoms. The monoisotopic (exact) mass is 363 g/mol. The maximum absolute atomic E-state index is 12.6. The van der Waals surface area contributed by atoms with E-state index in [1.807, 2.05) is 18.2 Å². The third-order valence-corrected chi connectivity index (χ3v) is 5.88. The first-order chi connectivity index (χ1) is 10.5. The first kappa shape index (κ1) is 14.2. The fourth-order valence-electron chi connectivity index (χ4n) is 4.53. The van der Waals surface area contributed by atoms with Crippen molar-refractivity contribution in [2.24, 2.45) is 11.8 Å². The average molecular weight is 364 g/mol. The van der Waals surface area contributed by atoms with E-state index in [2.05, 4.69) is 21.2 Å². The van der Waals surface area contributed by atoms with Crippen LogP contribution in [0.5, 0.6) is 5.75 Å². The number of rotatable bonds is 1. The van der Waals surface area contributed by atoms with Crippen LogP contribution in [0.4, 0.5) is 0 Å². The van der Waals surface area contributed by atoms with E-state index in [9.17, 15) is 9.59 Å². The van der Waals surface area contributed by atoms with Gasteiger partial charge in [0, 0.05) is 28.3 Å². The van der Waals surface area contributed by atoms with Crippen molar-refractivity contribution in [3.63, 3.8) is 0 Å². The van der Waals surface area contributed by atoms with Gasteiger partial charge < -0.3 is 10.1 Å². The van der Waals surface area contributed by atoms with Crippen molar-refractivity contribution in [1.82, 2.24) is 5.32 Å². The van der Waals surface area contributed by atoms with E-state index in [1.54, 1.807) is 0 Å². The van der Waals surface area contributed by atoms with E-state index in [0.717, 1.165) is 41.5 Å². The molecule has 4 rings (SSSR count). The summed E-state index contributed by atoms with van der Waals surface area (Å²) in [7, 11) is 0. The van der Waals surface area contributed by atoms with Gasteiger partial charge in [-0.2, -0.15) is 0 Å². The smallest absolute Gasteiger partial charge is 0.234 e. The Morgan fingerprint density at radius 3 is 3.00 bits per heavy atom. The minimum absolute atomic E-state index is 0.0606. The molecule has 0 radical (unpaired) electrons. The number of piperidine rings is 1. The SMILES string of the molecule is CC(=O)C1C(=O)N[C@@]23CCCC[C@@H]2[C@@H]1c1cc(Br)ccc1O3. The molecule has 1 amide bonds. The Kier molecular flexibility index (Phi) is 3.12. The first-order valence-electron chi connectivity index (χ1n) is 7.83. The van der Waals surface area contributed by atoms with Crippen LogP contribution in [0.2, 0.25) is 0 Å².